The SMILES string of the molecule is FC(F)(F)c1ccnc(N2CCN(c3ncnc4cnccc34)CC2)n1. The predicted molar refractivity (Wildman–Crippen MR) is 88.8 cm³/mol. The minimum atomic E-state index is -4.48. The number of pyridine rings is 1. The molecule has 26 heavy (non-hydrogen) atoms. The molecule has 0 spiro atoms. The Bertz CT molecular complexity index is 918. The highest BCUT2D eigenvalue weighted by molar-refractivity contribution is 5.88. The van der Waals surface area contributed by atoms with Gasteiger partial charge in [-0.05, 0) is 12.1 Å². The van der Waals surface area contributed by atoms with E-state index < -0.39 is 11.9 Å². The zero-order valence-electron chi connectivity index (χ0n) is 13.6. The quantitative estimate of drug-likeness (QED) is 0.693. The molecular weight excluding hydrogens is 347 g/mol. The van der Waals surface area contributed by atoms with Crippen molar-refractivity contribution in [3.8, 4) is 0 Å². The molecule has 0 bridgehead atoms. The summed E-state index contributed by atoms with van der Waals surface area (Å²) in [5.74, 6) is 0.887. The van der Waals surface area contributed by atoms with Crippen molar-refractivity contribution in [2.45, 2.75) is 6.18 Å². The van der Waals surface area contributed by atoms with Crippen LogP contribution in [0.3, 0.4) is 0 Å². The maximum Gasteiger partial charge on any atom is 0.433 e. The number of alkyl halides is 3. The second-order valence-corrected chi connectivity index (χ2v) is 5.80. The molecule has 134 valence electrons. The Hall–Kier alpha value is -3.04. The normalized spacial score (nSPS) is 15.5. The second-order valence-electron chi connectivity index (χ2n) is 5.80. The summed E-state index contributed by atoms with van der Waals surface area (Å²) in [6, 6.07) is 2.73. The highest BCUT2D eigenvalue weighted by Crippen LogP contribution is 2.29. The van der Waals surface area contributed by atoms with Crippen molar-refractivity contribution in [1.82, 2.24) is 24.9 Å². The summed E-state index contributed by atoms with van der Waals surface area (Å²) in [5.41, 5.74) is -0.180. The van der Waals surface area contributed by atoms with E-state index in [4.69, 9.17) is 0 Å². The van der Waals surface area contributed by atoms with Crippen molar-refractivity contribution in [2.24, 2.45) is 0 Å². The molecule has 0 saturated carbocycles. The summed E-state index contributed by atoms with van der Waals surface area (Å²) in [6.07, 6.45) is 1.51. The van der Waals surface area contributed by atoms with Crippen LogP contribution < -0.4 is 9.80 Å². The van der Waals surface area contributed by atoms with Crippen LogP contribution in [-0.4, -0.2) is 51.1 Å². The fourth-order valence-electron chi connectivity index (χ4n) is 2.92. The Morgan fingerprint density at radius 2 is 1.65 bits per heavy atom. The van der Waals surface area contributed by atoms with Crippen LogP contribution in [0.5, 0.6) is 0 Å². The molecular formula is C16H14F3N7. The maximum atomic E-state index is 12.8. The summed E-state index contributed by atoms with van der Waals surface area (Å²) in [7, 11) is 0. The fraction of sp³-hybridized carbons (Fsp3) is 0.312. The van der Waals surface area contributed by atoms with Crippen LogP contribution in [0.2, 0.25) is 0 Å². The van der Waals surface area contributed by atoms with Gasteiger partial charge in [-0.1, -0.05) is 0 Å². The molecule has 1 aliphatic rings. The Balaban J connectivity index is 1.53. The van der Waals surface area contributed by atoms with E-state index >= 15 is 0 Å². The van der Waals surface area contributed by atoms with Gasteiger partial charge in [0.05, 0.1) is 11.7 Å². The third kappa shape index (κ3) is 3.09. The molecule has 0 N–H and O–H groups in total. The van der Waals surface area contributed by atoms with Gasteiger partial charge in [0.25, 0.3) is 0 Å². The molecule has 3 aromatic rings. The van der Waals surface area contributed by atoms with Gasteiger partial charge in [-0.25, -0.2) is 19.9 Å². The van der Waals surface area contributed by atoms with E-state index in [0.717, 1.165) is 29.0 Å². The minimum absolute atomic E-state index is 0.0937. The summed E-state index contributed by atoms with van der Waals surface area (Å²) in [6.45, 7) is 2.18. The molecule has 7 nitrogen and oxygen atoms in total. The van der Waals surface area contributed by atoms with Crippen LogP contribution in [-0.2, 0) is 6.18 Å². The van der Waals surface area contributed by atoms with Crippen molar-refractivity contribution in [3.05, 3.63) is 42.7 Å². The third-order valence-corrected chi connectivity index (χ3v) is 4.21. The Morgan fingerprint density at radius 3 is 2.42 bits per heavy atom. The minimum Gasteiger partial charge on any atom is -0.352 e. The summed E-state index contributed by atoms with van der Waals surface area (Å²) in [5, 5.41) is 0.895. The summed E-state index contributed by atoms with van der Waals surface area (Å²) >= 11 is 0. The standard InChI is InChI=1S/C16H14F3N7/c17-16(18,19)13-2-4-21-15(24-13)26-7-5-25(6-8-26)14-11-1-3-20-9-12(11)22-10-23-14/h1-4,9-10H,5-8H2. The molecule has 0 unspecified atom stereocenters. The number of nitrogens with zero attached hydrogens (tertiary/aromatic N) is 7. The summed E-state index contributed by atoms with van der Waals surface area (Å²) in [4.78, 5) is 24.1. The van der Waals surface area contributed by atoms with Gasteiger partial charge >= 0.3 is 6.18 Å². The number of hydrogen-bond donors (Lipinski definition) is 0. The van der Waals surface area contributed by atoms with Crippen LogP contribution in [0.1, 0.15) is 5.69 Å². The average molecular weight is 361 g/mol. The van der Waals surface area contributed by atoms with Gasteiger partial charge in [-0.2, -0.15) is 13.2 Å². The van der Waals surface area contributed by atoms with Gasteiger partial charge in [0.15, 0.2) is 0 Å². The van der Waals surface area contributed by atoms with Gasteiger partial charge in [0, 0.05) is 44.0 Å². The predicted octanol–water partition coefficient (Wildman–Crippen LogP) is 2.16. The first kappa shape index (κ1) is 16.4. The van der Waals surface area contributed by atoms with Crippen LogP contribution in [0.4, 0.5) is 24.9 Å². The lowest BCUT2D eigenvalue weighted by molar-refractivity contribution is -0.141. The van der Waals surface area contributed by atoms with E-state index in [0.29, 0.717) is 26.2 Å². The molecule has 10 heteroatoms. The lowest BCUT2D eigenvalue weighted by atomic mass is 10.2. The van der Waals surface area contributed by atoms with Gasteiger partial charge in [-0.15, -0.1) is 0 Å². The number of anilines is 2. The highest BCUT2D eigenvalue weighted by Gasteiger charge is 2.33. The highest BCUT2D eigenvalue weighted by atomic mass is 19.4. The molecule has 0 aromatic carbocycles. The van der Waals surface area contributed by atoms with Crippen LogP contribution in [0.25, 0.3) is 10.9 Å². The van der Waals surface area contributed by atoms with Crippen molar-refractivity contribution >= 4 is 22.7 Å². The first-order valence-corrected chi connectivity index (χ1v) is 7.97. The van der Waals surface area contributed by atoms with Gasteiger partial charge < -0.3 is 9.80 Å². The molecule has 4 heterocycles. The van der Waals surface area contributed by atoms with Crippen LogP contribution in [0.15, 0.2) is 37.1 Å². The molecule has 1 aliphatic heterocycles. The zero-order valence-corrected chi connectivity index (χ0v) is 13.6. The van der Waals surface area contributed by atoms with Crippen LogP contribution in [0, 0.1) is 0 Å². The lowest BCUT2D eigenvalue weighted by Gasteiger charge is -2.35. The Morgan fingerprint density at radius 1 is 0.885 bits per heavy atom. The van der Waals surface area contributed by atoms with E-state index in [9.17, 15) is 13.2 Å². The molecule has 0 amide bonds. The van der Waals surface area contributed by atoms with Crippen LogP contribution >= 0.6 is 0 Å². The molecule has 0 aliphatic carbocycles. The molecule has 4 rings (SSSR count). The van der Waals surface area contributed by atoms with E-state index in [2.05, 4.69) is 29.8 Å². The Labute approximate surface area is 146 Å². The van der Waals surface area contributed by atoms with Crippen molar-refractivity contribution in [2.75, 3.05) is 36.0 Å². The fourth-order valence-corrected chi connectivity index (χ4v) is 2.92. The first-order chi connectivity index (χ1) is 12.5. The number of fused-ring (bicyclic) bond motifs is 1. The second kappa shape index (κ2) is 6.36. The maximum absolute atomic E-state index is 12.8. The average Bonchev–Trinajstić information content (AvgIpc) is 2.67. The zero-order chi connectivity index (χ0) is 18.1. The molecule has 1 saturated heterocycles. The smallest absolute Gasteiger partial charge is 0.352 e. The van der Waals surface area contributed by atoms with Crippen molar-refractivity contribution < 1.29 is 13.2 Å². The van der Waals surface area contributed by atoms with E-state index in [1.54, 1.807) is 17.3 Å². The molecule has 1 fully saturated rings. The number of hydrogen-bond acceptors (Lipinski definition) is 7. The third-order valence-electron chi connectivity index (χ3n) is 4.21. The van der Waals surface area contributed by atoms with Gasteiger partial charge in [-0.3, -0.25) is 4.98 Å². The topological polar surface area (TPSA) is 70.9 Å². The number of aromatic nitrogens is 5. The van der Waals surface area contributed by atoms with Crippen molar-refractivity contribution in [3.63, 3.8) is 0 Å². The largest absolute Gasteiger partial charge is 0.433 e. The van der Waals surface area contributed by atoms with Gasteiger partial charge in [0.2, 0.25) is 5.95 Å². The molecule has 3 aromatic heterocycles. The Kier molecular flexibility index (Phi) is 4.02. The van der Waals surface area contributed by atoms with Gasteiger partial charge in [0.1, 0.15) is 17.8 Å². The van der Waals surface area contributed by atoms with E-state index in [1.165, 1.54) is 6.33 Å². The number of halogens is 3. The molecule has 0 atom stereocenters. The summed E-state index contributed by atoms with van der Waals surface area (Å²) < 4.78 is 38.5. The monoisotopic (exact) mass is 361 g/mol. The molecule has 0 radical (unpaired) electrons. The number of piperazine rings is 1. The van der Waals surface area contributed by atoms with Crippen molar-refractivity contribution in [1.29, 1.82) is 0 Å². The van der Waals surface area contributed by atoms with E-state index in [-0.39, 0.29) is 5.95 Å². The van der Waals surface area contributed by atoms with E-state index in [1.807, 2.05) is 6.07 Å². The first-order valence-electron chi connectivity index (χ1n) is 7.97. The lowest BCUT2D eigenvalue weighted by Crippen LogP contribution is -2.47. The number of rotatable bonds is 2.